The number of hydrogen-bond acceptors (Lipinski definition) is 7. The van der Waals surface area contributed by atoms with E-state index < -0.39 is 12.0 Å². The van der Waals surface area contributed by atoms with E-state index in [1.165, 1.54) is 18.4 Å². The van der Waals surface area contributed by atoms with Gasteiger partial charge in [-0.3, -0.25) is 9.36 Å². The standard InChI is InChI=1S/C32H29ClN2O5S/c1-5-24-27(31(37)39-4)28(22-12-7-6-8-13-22)35-30(36)26(41-32(35)34-24)17-21-15-23(33)29(25(16-21)38-3)40-18-20-11-9-10-19(2)14-20/h6-17,28H,5,18H2,1-4H3/b26-17-/t28-/m0/s1. The smallest absolute Gasteiger partial charge is 0.338 e. The molecule has 9 heteroatoms. The lowest BCUT2D eigenvalue weighted by Crippen LogP contribution is -2.40. The lowest BCUT2D eigenvalue weighted by Gasteiger charge is -2.25. The Morgan fingerprint density at radius 3 is 2.56 bits per heavy atom. The van der Waals surface area contributed by atoms with Crippen LogP contribution in [0.15, 0.2) is 87.8 Å². The number of halogens is 1. The van der Waals surface area contributed by atoms with Crippen molar-refractivity contribution in [2.75, 3.05) is 14.2 Å². The SMILES string of the molecule is CCC1=C(C(=O)OC)[C@H](c2ccccc2)n2c(s/c(=C\c3cc(Cl)c(OCc4cccc(C)c4)c(OC)c3)c2=O)=N1. The molecule has 0 saturated heterocycles. The maximum atomic E-state index is 13.9. The van der Waals surface area contributed by atoms with Crippen LogP contribution in [-0.2, 0) is 16.1 Å². The van der Waals surface area contributed by atoms with E-state index in [1.807, 2.05) is 68.4 Å². The van der Waals surface area contributed by atoms with Crippen molar-refractivity contribution in [2.24, 2.45) is 4.99 Å². The minimum Gasteiger partial charge on any atom is -0.493 e. The van der Waals surface area contributed by atoms with Crippen LogP contribution in [0.2, 0.25) is 5.02 Å². The van der Waals surface area contributed by atoms with Crippen molar-refractivity contribution in [1.29, 1.82) is 0 Å². The van der Waals surface area contributed by atoms with Crippen LogP contribution in [0, 0.1) is 6.92 Å². The Morgan fingerprint density at radius 2 is 1.88 bits per heavy atom. The normalized spacial score (nSPS) is 14.9. The van der Waals surface area contributed by atoms with Gasteiger partial charge in [0.2, 0.25) is 0 Å². The number of methoxy groups -OCH3 is 2. The second-order valence-electron chi connectivity index (χ2n) is 9.51. The quantitative estimate of drug-likeness (QED) is 0.259. The molecule has 5 rings (SSSR count). The van der Waals surface area contributed by atoms with Crippen molar-refractivity contribution in [1.82, 2.24) is 4.57 Å². The molecule has 0 aliphatic carbocycles. The number of benzene rings is 3. The van der Waals surface area contributed by atoms with E-state index in [2.05, 4.69) is 0 Å². The third kappa shape index (κ3) is 5.71. The van der Waals surface area contributed by atoms with Gasteiger partial charge in [-0.05, 0) is 48.2 Å². The van der Waals surface area contributed by atoms with Gasteiger partial charge in [-0.2, -0.15) is 0 Å². The van der Waals surface area contributed by atoms with Crippen molar-refractivity contribution >= 4 is 35.0 Å². The Morgan fingerprint density at radius 1 is 1.10 bits per heavy atom. The number of fused-ring (bicyclic) bond motifs is 1. The average Bonchev–Trinajstić information content (AvgIpc) is 3.29. The molecule has 3 aromatic carbocycles. The van der Waals surface area contributed by atoms with E-state index in [-0.39, 0.29) is 5.56 Å². The summed E-state index contributed by atoms with van der Waals surface area (Å²) in [5.74, 6) is 0.368. The fourth-order valence-corrected chi connectivity index (χ4v) is 6.18. The molecule has 7 nitrogen and oxygen atoms in total. The number of carbonyl (C=O) groups is 1. The van der Waals surface area contributed by atoms with E-state index in [9.17, 15) is 9.59 Å². The van der Waals surface area contributed by atoms with Crippen LogP contribution in [0.1, 0.15) is 41.6 Å². The van der Waals surface area contributed by atoms with Crippen LogP contribution < -0.4 is 24.4 Å². The van der Waals surface area contributed by atoms with Gasteiger partial charge in [0.25, 0.3) is 5.56 Å². The summed E-state index contributed by atoms with van der Waals surface area (Å²) in [5, 5.41) is 0.361. The van der Waals surface area contributed by atoms with Crippen molar-refractivity contribution in [2.45, 2.75) is 32.9 Å². The summed E-state index contributed by atoms with van der Waals surface area (Å²) in [4.78, 5) is 32.0. The molecule has 0 bridgehead atoms. The second kappa shape index (κ2) is 12.2. The molecule has 0 saturated carbocycles. The number of thiazole rings is 1. The molecule has 4 aromatic rings. The van der Waals surface area contributed by atoms with Gasteiger partial charge in [0, 0.05) is 0 Å². The van der Waals surface area contributed by atoms with E-state index in [0.717, 1.165) is 16.7 Å². The van der Waals surface area contributed by atoms with Crippen molar-refractivity contribution in [3.05, 3.63) is 125 Å². The van der Waals surface area contributed by atoms with E-state index in [0.29, 0.717) is 55.7 Å². The molecular weight excluding hydrogens is 560 g/mol. The van der Waals surface area contributed by atoms with Crippen LogP contribution >= 0.6 is 22.9 Å². The summed E-state index contributed by atoms with van der Waals surface area (Å²) in [5.41, 5.74) is 4.30. The fourth-order valence-electron chi connectivity index (χ4n) is 4.89. The largest absolute Gasteiger partial charge is 0.493 e. The number of allylic oxidation sites excluding steroid dienone is 1. The van der Waals surface area contributed by atoms with Crippen LogP contribution in [0.3, 0.4) is 0 Å². The summed E-state index contributed by atoms with van der Waals surface area (Å²) in [6.45, 7) is 4.28. The number of esters is 1. The molecule has 0 N–H and O–H groups in total. The number of nitrogens with zero attached hydrogens (tertiary/aromatic N) is 2. The Kier molecular flexibility index (Phi) is 8.42. The molecule has 210 valence electrons. The molecule has 1 aliphatic heterocycles. The molecular formula is C32H29ClN2O5S. The fraction of sp³-hybridized carbons (Fsp3) is 0.219. The summed E-state index contributed by atoms with van der Waals surface area (Å²) in [7, 11) is 2.88. The van der Waals surface area contributed by atoms with Gasteiger partial charge in [0.15, 0.2) is 16.3 Å². The van der Waals surface area contributed by atoms with Crippen LogP contribution in [0.4, 0.5) is 0 Å². The van der Waals surface area contributed by atoms with Crippen molar-refractivity contribution in [3.63, 3.8) is 0 Å². The summed E-state index contributed by atoms with van der Waals surface area (Å²) < 4.78 is 18.8. The highest BCUT2D eigenvalue weighted by Crippen LogP contribution is 2.37. The zero-order valence-corrected chi connectivity index (χ0v) is 24.7. The van der Waals surface area contributed by atoms with Crippen LogP contribution in [-0.4, -0.2) is 24.8 Å². The summed E-state index contributed by atoms with van der Waals surface area (Å²) in [6.07, 6.45) is 2.26. The third-order valence-electron chi connectivity index (χ3n) is 6.78. The predicted octanol–water partition coefficient (Wildman–Crippen LogP) is 5.35. The van der Waals surface area contributed by atoms with Gasteiger partial charge >= 0.3 is 5.97 Å². The molecule has 1 aromatic heterocycles. The molecule has 2 heterocycles. The number of aryl methyl sites for hydroxylation is 1. The Labute approximate surface area is 246 Å². The average molecular weight is 589 g/mol. The maximum absolute atomic E-state index is 13.9. The molecule has 0 fully saturated rings. The lowest BCUT2D eigenvalue weighted by molar-refractivity contribution is -0.136. The number of hydrogen-bond donors (Lipinski definition) is 0. The van der Waals surface area contributed by atoms with Crippen LogP contribution in [0.5, 0.6) is 11.5 Å². The predicted molar refractivity (Wildman–Crippen MR) is 160 cm³/mol. The van der Waals surface area contributed by atoms with E-state index in [4.69, 9.17) is 30.8 Å². The molecule has 0 spiro atoms. The highest BCUT2D eigenvalue weighted by Gasteiger charge is 2.33. The van der Waals surface area contributed by atoms with Gasteiger partial charge in [0.05, 0.1) is 41.1 Å². The highest BCUT2D eigenvalue weighted by molar-refractivity contribution is 7.07. The zero-order valence-electron chi connectivity index (χ0n) is 23.1. The Hall–Kier alpha value is -4.14. The number of rotatable bonds is 8. The minimum absolute atomic E-state index is 0.269. The molecule has 0 radical (unpaired) electrons. The van der Waals surface area contributed by atoms with Crippen molar-refractivity contribution in [3.8, 4) is 11.5 Å². The maximum Gasteiger partial charge on any atom is 0.338 e. The van der Waals surface area contributed by atoms with Gasteiger partial charge in [-0.25, -0.2) is 9.79 Å². The molecule has 1 atom stereocenters. The molecule has 1 aliphatic rings. The first-order chi connectivity index (χ1) is 19.8. The molecule has 0 unspecified atom stereocenters. The van der Waals surface area contributed by atoms with E-state index >= 15 is 0 Å². The van der Waals surface area contributed by atoms with Gasteiger partial charge < -0.3 is 14.2 Å². The van der Waals surface area contributed by atoms with Gasteiger partial charge in [-0.15, -0.1) is 0 Å². The van der Waals surface area contributed by atoms with Gasteiger partial charge in [0.1, 0.15) is 6.61 Å². The van der Waals surface area contributed by atoms with Crippen LogP contribution in [0.25, 0.3) is 6.08 Å². The first-order valence-electron chi connectivity index (χ1n) is 13.1. The van der Waals surface area contributed by atoms with E-state index in [1.54, 1.807) is 29.9 Å². The minimum atomic E-state index is -0.660. The Bertz CT molecular complexity index is 1820. The molecule has 0 amide bonds. The van der Waals surface area contributed by atoms with Gasteiger partial charge in [-0.1, -0.05) is 90.0 Å². The second-order valence-corrected chi connectivity index (χ2v) is 10.9. The molecule has 41 heavy (non-hydrogen) atoms. The Balaban J connectivity index is 1.59. The third-order valence-corrected chi connectivity index (χ3v) is 8.04. The highest BCUT2D eigenvalue weighted by atomic mass is 35.5. The monoisotopic (exact) mass is 588 g/mol. The number of ether oxygens (including phenoxy) is 3. The topological polar surface area (TPSA) is 79.1 Å². The van der Waals surface area contributed by atoms with Crippen molar-refractivity contribution < 1.29 is 19.0 Å². The zero-order chi connectivity index (χ0) is 29.1. The number of carbonyl (C=O) groups excluding carboxylic acids is 1. The first-order valence-corrected chi connectivity index (χ1v) is 14.3. The first kappa shape index (κ1) is 28.4. The summed E-state index contributed by atoms with van der Waals surface area (Å²) in [6, 6.07) is 20.3. The summed E-state index contributed by atoms with van der Waals surface area (Å²) >= 11 is 7.90. The lowest BCUT2D eigenvalue weighted by atomic mass is 9.95. The number of aromatic nitrogens is 1.